The Labute approximate surface area is 608 Å². The summed E-state index contributed by atoms with van der Waals surface area (Å²) in [7, 11) is -3.04. The number of aryl methyl sites for hydroxylation is 3. The lowest BCUT2D eigenvalue weighted by Gasteiger charge is -2.28. The molecule has 15 heterocycles. The third-order valence-corrected chi connectivity index (χ3v) is 21.8. The lowest BCUT2D eigenvalue weighted by molar-refractivity contribution is 0.122. The van der Waals surface area contributed by atoms with Gasteiger partial charge in [0.1, 0.15) is 9.84 Å². The number of nitrogen functional groups attached to an aromatic ring is 3. The van der Waals surface area contributed by atoms with Crippen molar-refractivity contribution in [1.29, 1.82) is 0 Å². The minimum absolute atomic E-state index is 0.0964. The lowest BCUT2D eigenvalue weighted by Crippen LogP contribution is -2.37. The second-order valence-electron chi connectivity index (χ2n) is 28.9. The summed E-state index contributed by atoms with van der Waals surface area (Å²) in [6, 6.07) is 0.610. The molecular weight excluding hydrogens is 1370 g/mol. The molecule has 3 atom stereocenters. The van der Waals surface area contributed by atoms with Crippen molar-refractivity contribution >= 4 is 102 Å². The van der Waals surface area contributed by atoms with Crippen molar-refractivity contribution in [2.75, 3.05) is 172 Å². The molecule has 0 amide bonds. The molecule has 6 saturated heterocycles. The maximum Gasteiger partial charge on any atom is 0.220 e. The number of aromatic nitrogens is 18. The third-order valence-electron chi connectivity index (χ3n) is 20.4. The Morgan fingerprint density at radius 2 is 0.837 bits per heavy atom. The number of ether oxygens (including phenoxy) is 3. The summed E-state index contributed by atoms with van der Waals surface area (Å²) in [6.45, 7) is 21.9. The van der Waals surface area contributed by atoms with Crippen LogP contribution in [0, 0.1) is 44.4 Å². The first kappa shape index (κ1) is 70.9. The van der Waals surface area contributed by atoms with Gasteiger partial charge < -0.3 is 72.7 Å². The van der Waals surface area contributed by atoms with Crippen molar-refractivity contribution in [2.24, 2.45) is 35.1 Å². The number of sulfone groups is 1. The molecule has 0 aromatic carbocycles. The Morgan fingerprint density at radius 3 is 1.18 bits per heavy atom. The van der Waals surface area contributed by atoms with E-state index in [1.165, 1.54) is 44.8 Å². The van der Waals surface area contributed by atoms with Gasteiger partial charge in [0.2, 0.25) is 35.0 Å². The van der Waals surface area contributed by atoms with Crippen molar-refractivity contribution < 1.29 is 22.6 Å². The van der Waals surface area contributed by atoms with Gasteiger partial charge in [-0.3, -0.25) is 13.7 Å². The Bertz CT molecular complexity index is 4690. The van der Waals surface area contributed by atoms with Crippen LogP contribution in [-0.4, -0.2) is 239 Å². The zero-order valence-corrected chi connectivity index (χ0v) is 61.2. The van der Waals surface area contributed by atoms with E-state index in [1.807, 2.05) is 25.3 Å². The maximum atomic E-state index is 11.9. The SMILES string of the molecule is Cc1nc(N)ncc1-c1nc(N2CCOCC2)c2nc(Cl)n(CC3CC3)c2n1.Cc1nc(N)ncc1-c1nc(N2CCOCC2)c2nc(N3CC[C@H](CS(C)(=O)=O)C3)n(CC3CC3)c2n1.Cc1nc(N)ncc1-c1nc(N2CCOCC2)c2nc(N3CC[C@H](N)C3)n(CC3CC3)c2n1.N[C@H]1CCNC1. The minimum atomic E-state index is -3.04. The number of morpholine rings is 3. The summed E-state index contributed by atoms with van der Waals surface area (Å²) in [4.78, 5) is 81.2. The number of nitrogens with zero attached hydrogens (tertiary/aromatic N) is 23. The fourth-order valence-corrected chi connectivity index (χ4v) is 15.6. The zero-order valence-electron chi connectivity index (χ0n) is 59.6. The van der Waals surface area contributed by atoms with E-state index in [4.69, 9.17) is 94.4 Å². The van der Waals surface area contributed by atoms with Gasteiger partial charge >= 0.3 is 0 Å². The molecule has 0 unspecified atom stereocenters. The highest BCUT2D eigenvalue weighted by Crippen LogP contribution is 2.41. The number of hydrogen-bond acceptors (Lipinski definition) is 31. The molecule has 0 radical (unpaired) electrons. The normalized spacial score (nSPS) is 20.8. The van der Waals surface area contributed by atoms with Crippen molar-refractivity contribution in [3.8, 4) is 34.2 Å². The molecule has 3 saturated carbocycles. The number of fused-ring (bicyclic) bond motifs is 3. The van der Waals surface area contributed by atoms with Gasteiger partial charge in [-0.2, -0.15) is 0 Å². The quantitative estimate of drug-likeness (QED) is 0.0752. The van der Waals surface area contributed by atoms with E-state index in [1.54, 1.807) is 18.6 Å². The van der Waals surface area contributed by atoms with Crippen LogP contribution in [0.4, 0.5) is 47.2 Å². The minimum Gasteiger partial charge on any atom is -0.378 e. The molecule has 104 heavy (non-hydrogen) atoms. The molecular formula is C68H94ClN29O5S. The number of anilines is 8. The van der Waals surface area contributed by atoms with Crippen LogP contribution in [0.15, 0.2) is 18.6 Å². The van der Waals surface area contributed by atoms with Crippen LogP contribution in [0.25, 0.3) is 67.7 Å². The van der Waals surface area contributed by atoms with Crippen molar-refractivity contribution in [3.05, 3.63) is 41.0 Å². The van der Waals surface area contributed by atoms with E-state index in [9.17, 15) is 8.42 Å². The molecule has 9 fully saturated rings. The highest BCUT2D eigenvalue weighted by Gasteiger charge is 2.36. The van der Waals surface area contributed by atoms with E-state index in [-0.39, 0.29) is 35.6 Å². The van der Waals surface area contributed by atoms with Crippen molar-refractivity contribution in [3.63, 3.8) is 0 Å². The summed E-state index contributed by atoms with van der Waals surface area (Å²) in [5.41, 5.74) is 38.3. The molecule has 3 aliphatic carbocycles. The molecule has 11 N–H and O–H groups in total. The fourth-order valence-electron chi connectivity index (χ4n) is 14.3. The number of nitrogens with two attached hydrogens (primary N) is 5. The molecule has 18 rings (SSSR count). The highest BCUT2D eigenvalue weighted by atomic mass is 35.5. The van der Waals surface area contributed by atoms with Crippen LogP contribution >= 0.6 is 11.6 Å². The average molecular weight is 1470 g/mol. The second kappa shape index (κ2) is 30.4. The summed E-state index contributed by atoms with van der Waals surface area (Å²) < 4.78 is 47.1. The van der Waals surface area contributed by atoms with Gasteiger partial charge in [-0.05, 0) is 120 Å². The molecule has 0 spiro atoms. The van der Waals surface area contributed by atoms with Crippen LogP contribution < -0.4 is 58.5 Å². The largest absolute Gasteiger partial charge is 0.378 e. The van der Waals surface area contributed by atoms with Crippen LogP contribution in [0.5, 0.6) is 0 Å². The third kappa shape index (κ3) is 16.2. The van der Waals surface area contributed by atoms with Crippen molar-refractivity contribution in [1.82, 2.24) is 93.8 Å². The first-order chi connectivity index (χ1) is 50.3. The van der Waals surface area contributed by atoms with Gasteiger partial charge in [0.05, 0.1) is 79.2 Å². The number of hydrogen-bond donors (Lipinski definition) is 6. The summed E-state index contributed by atoms with van der Waals surface area (Å²) in [5.74, 6) is 8.81. The summed E-state index contributed by atoms with van der Waals surface area (Å²) >= 11 is 6.50. The fraction of sp³-hybridized carbons (Fsp3) is 0.603. The first-order valence-electron chi connectivity index (χ1n) is 36.5. The van der Waals surface area contributed by atoms with Crippen LogP contribution in [0.3, 0.4) is 0 Å². The van der Waals surface area contributed by atoms with E-state index in [0.29, 0.717) is 106 Å². The molecule has 9 aromatic heterocycles. The Morgan fingerprint density at radius 1 is 0.452 bits per heavy atom. The molecule has 9 aromatic rings. The Kier molecular flexibility index (Phi) is 20.7. The van der Waals surface area contributed by atoms with E-state index >= 15 is 0 Å². The van der Waals surface area contributed by atoms with Gasteiger partial charge in [-0.15, -0.1) is 0 Å². The summed E-state index contributed by atoms with van der Waals surface area (Å²) in [6.07, 6.45) is 16.6. The first-order valence-corrected chi connectivity index (χ1v) is 38.9. The molecule has 6 aliphatic heterocycles. The maximum absolute atomic E-state index is 11.9. The van der Waals surface area contributed by atoms with E-state index in [0.717, 1.165) is 194 Å². The van der Waals surface area contributed by atoms with Crippen LogP contribution in [-0.2, 0) is 43.7 Å². The second-order valence-corrected chi connectivity index (χ2v) is 31.4. The van der Waals surface area contributed by atoms with Gasteiger partial charge in [0.15, 0.2) is 68.4 Å². The molecule has 0 bridgehead atoms. The monoisotopic (exact) mass is 1460 g/mol. The Hall–Kier alpha value is -8.71. The summed E-state index contributed by atoms with van der Waals surface area (Å²) in [5, 5.41) is 3.60. The van der Waals surface area contributed by atoms with Gasteiger partial charge in [-0.25, -0.2) is 83.2 Å². The predicted molar refractivity (Wildman–Crippen MR) is 399 cm³/mol. The van der Waals surface area contributed by atoms with Crippen molar-refractivity contribution in [2.45, 2.75) is 110 Å². The van der Waals surface area contributed by atoms with Gasteiger partial charge in [0, 0.05) is 129 Å². The van der Waals surface area contributed by atoms with Gasteiger partial charge in [0.25, 0.3) is 0 Å². The molecule has 9 aliphatic rings. The number of halogens is 1. The van der Waals surface area contributed by atoms with E-state index < -0.39 is 9.84 Å². The number of imidazole rings is 3. The molecule has 34 nitrogen and oxygen atoms in total. The topological polar surface area (TPSA) is 428 Å². The van der Waals surface area contributed by atoms with E-state index in [2.05, 4.69) is 73.8 Å². The molecule has 554 valence electrons. The average Bonchev–Trinajstić information content (AvgIpc) is 1.59. The van der Waals surface area contributed by atoms with Crippen LogP contribution in [0.1, 0.15) is 74.9 Å². The predicted octanol–water partition coefficient (Wildman–Crippen LogP) is 3.63. The smallest absolute Gasteiger partial charge is 0.220 e. The number of rotatable bonds is 16. The Balaban J connectivity index is 0.000000121. The number of nitrogens with one attached hydrogen (secondary N) is 1. The van der Waals surface area contributed by atoms with Gasteiger partial charge in [-0.1, -0.05) is 0 Å². The highest BCUT2D eigenvalue weighted by molar-refractivity contribution is 7.90. The standard InChI is InChI=1S/C24H33N9O3S.C22H30N10O.C18H21ClN8O.C4H10N2/c1-15-18(11-26-23(25)27-15)20-29-21(31-7-9-36-10-8-31)19-22(30-20)33(13-16-3-4-16)24(28-19)32-6-5-17(12-32)14-37(2,34)35;1-13-16(10-25-21(24)26-13)18-28-19(30-6-8-33-9-7-30)17-20(29-18)32(11-14-2-3-14)22(27-17)31-5-4-15(23)12-31;1-10-12(8-21-18(20)22-10)14-24-15(26-4-6-28-7-5-26)13-16(25-14)27(17(19)23-13)9-11-2-3-11;5-4-1-2-6-3-4/h11,16-17H,3-10,12-14H2,1-2H3,(H2,25,26,27);10,14-15H,2-9,11-12,23H2,1H3,(H2,24,25,26);8,11H,2-7,9H2,1H3,(H2,20,21,22);4,6H,1-3,5H2/t17-;15-;;4-/m00.0/s1. The lowest BCUT2D eigenvalue weighted by atomic mass is 10.2. The molecule has 36 heteroatoms. The van der Waals surface area contributed by atoms with Crippen LogP contribution in [0.2, 0.25) is 5.28 Å². The zero-order chi connectivity index (χ0) is 71.9.